The number of thiazole rings is 1. The fourth-order valence-electron chi connectivity index (χ4n) is 3.32. The zero-order chi connectivity index (χ0) is 23.3. The molecule has 0 aliphatic rings. The first-order chi connectivity index (χ1) is 15.2. The Labute approximate surface area is 192 Å². The summed E-state index contributed by atoms with van der Waals surface area (Å²) in [5, 5.41) is 0.635. The summed E-state index contributed by atoms with van der Waals surface area (Å²) in [5.41, 5.74) is 1.98. The second kappa shape index (κ2) is 10.5. The topological polar surface area (TPSA) is 70.6 Å². The number of hydrogen-bond donors (Lipinski definition) is 0. The molecular formula is C23H28FN3O3S2. The maximum Gasteiger partial charge on any atom is 0.228 e. The van der Waals surface area contributed by atoms with Crippen molar-refractivity contribution in [1.82, 2.24) is 9.88 Å². The predicted octanol–water partition coefficient (Wildman–Crippen LogP) is 4.28. The van der Waals surface area contributed by atoms with Crippen molar-refractivity contribution in [3.8, 4) is 0 Å². The zero-order valence-electron chi connectivity index (χ0n) is 18.5. The van der Waals surface area contributed by atoms with E-state index in [1.165, 1.54) is 23.5 Å². The van der Waals surface area contributed by atoms with Crippen molar-refractivity contribution in [1.29, 1.82) is 0 Å². The highest BCUT2D eigenvalue weighted by molar-refractivity contribution is 7.91. The van der Waals surface area contributed by atoms with Crippen LogP contribution in [0, 0.1) is 12.7 Å². The SMILES string of the molecule is Cc1ccc2nc(N(CCCN(C)C)C(=O)CCCS(=O)(=O)c3ccc(F)cc3)sc2c1. The lowest BCUT2D eigenvalue weighted by Crippen LogP contribution is -2.33. The van der Waals surface area contributed by atoms with Crippen LogP contribution >= 0.6 is 11.3 Å². The highest BCUT2D eigenvalue weighted by Crippen LogP contribution is 2.30. The van der Waals surface area contributed by atoms with Gasteiger partial charge < -0.3 is 4.90 Å². The lowest BCUT2D eigenvalue weighted by molar-refractivity contribution is -0.118. The molecule has 1 aromatic heterocycles. The van der Waals surface area contributed by atoms with Crippen molar-refractivity contribution >= 4 is 42.4 Å². The number of carbonyl (C=O) groups excluding carboxylic acids is 1. The smallest absolute Gasteiger partial charge is 0.228 e. The highest BCUT2D eigenvalue weighted by Gasteiger charge is 2.21. The van der Waals surface area contributed by atoms with Gasteiger partial charge in [0, 0.05) is 13.0 Å². The molecule has 3 rings (SSSR count). The van der Waals surface area contributed by atoms with Crippen molar-refractivity contribution in [2.45, 2.75) is 31.1 Å². The Kier molecular flexibility index (Phi) is 7.97. The molecule has 9 heteroatoms. The number of sulfone groups is 1. The molecule has 0 bridgehead atoms. The molecule has 1 heterocycles. The number of rotatable bonds is 10. The molecule has 0 saturated heterocycles. The summed E-state index contributed by atoms with van der Waals surface area (Å²) >= 11 is 1.47. The van der Waals surface area contributed by atoms with E-state index in [1.807, 2.05) is 39.2 Å². The number of anilines is 1. The van der Waals surface area contributed by atoms with Crippen LogP contribution < -0.4 is 4.90 Å². The number of aryl methyl sites for hydroxylation is 1. The third-order valence-corrected chi connectivity index (χ3v) is 7.89. The van der Waals surface area contributed by atoms with Crippen molar-refractivity contribution in [3.63, 3.8) is 0 Å². The van der Waals surface area contributed by atoms with Gasteiger partial charge in [0.1, 0.15) is 5.82 Å². The predicted molar refractivity (Wildman–Crippen MR) is 128 cm³/mol. The van der Waals surface area contributed by atoms with Gasteiger partial charge in [-0.25, -0.2) is 17.8 Å². The minimum Gasteiger partial charge on any atom is -0.309 e. The number of halogens is 1. The van der Waals surface area contributed by atoms with Gasteiger partial charge in [-0.3, -0.25) is 9.69 Å². The van der Waals surface area contributed by atoms with Crippen LogP contribution in [0.15, 0.2) is 47.4 Å². The molecule has 0 fully saturated rings. The lowest BCUT2D eigenvalue weighted by atomic mass is 10.2. The second-order valence-corrected chi connectivity index (χ2v) is 11.2. The van der Waals surface area contributed by atoms with Crippen molar-refractivity contribution in [2.75, 3.05) is 37.8 Å². The number of hydrogen-bond acceptors (Lipinski definition) is 6. The van der Waals surface area contributed by atoms with E-state index in [2.05, 4.69) is 9.88 Å². The summed E-state index contributed by atoms with van der Waals surface area (Å²) in [6.07, 6.45) is 1.06. The van der Waals surface area contributed by atoms with Gasteiger partial charge in [-0.05, 0) is 82.4 Å². The Morgan fingerprint density at radius 2 is 1.78 bits per heavy atom. The highest BCUT2D eigenvalue weighted by atomic mass is 32.2. The summed E-state index contributed by atoms with van der Waals surface area (Å²) in [6, 6.07) is 10.7. The molecule has 0 radical (unpaired) electrons. The Balaban J connectivity index is 1.70. The Bertz CT molecular complexity index is 1170. The number of nitrogens with zero attached hydrogens (tertiary/aromatic N) is 3. The molecule has 0 aliphatic heterocycles. The summed E-state index contributed by atoms with van der Waals surface area (Å²) in [4.78, 5) is 21.5. The Morgan fingerprint density at radius 1 is 1.06 bits per heavy atom. The van der Waals surface area contributed by atoms with E-state index in [1.54, 1.807) is 4.90 Å². The molecule has 32 heavy (non-hydrogen) atoms. The number of aromatic nitrogens is 1. The largest absolute Gasteiger partial charge is 0.309 e. The van der Waals surface area contributed by atoms with Crippen LogP contribution in [0.25, 0.3) is 10.2 Å². The fraction of sp³-hybridized carbons (Fsp3) is 0.391. The number of carbonyl (C=O) groups is 1. The van der Waals surface area contributed by atoms with Crippen LogP contribution in [-0.4, -0.2) is 57.1 Å². The van der Waals surface area contributed by atoms with E-state index in [9.17, 15) is 17.6 Å². The number of fused-ring (bicyclic) bond motifs is 1. The molecule has 172 valence electrons. The minimum atomic E-state index is -3.57. The van der Waals surface area contributed by atoms with E-state index in [-0.39, 0.29) is 29.4 Å². The van der Waals surface area contributed by atoms with Gasteiger partial charge in [0.15, 0.2) is 15.0 Å². The maximum atomic E-state index is 13.1. The van der Waals surface area contributed by atoms with Gasteiger partial charge >= 0.3 is 0 Å². The van der Waals surface area contributed by atoms with Crippen LogP contribution in [0.5, 0.6) is 0 Å². The lowest BCUT2D eigenvalue weighted by Gasteiger charge is -2.21. The van der Waals surface area contributed by atoms with Crippen molar-refractivity contribution < 1.29 is 17.6 Å². The minimum absolute atomic E-state index is 0.0655. The zero-order valence-corrected chi connectivity index (χ0v) is 20.2. The summed E-state index contributed by atoms with van der Waals surface area (Å²) < 4.78 is 39.1. The van der Waals surface area contributed by atoms with E-state index in [0.29, 0.717) is 11.7 Å². The normalized spacial score (nSPS) is 11.9. The van der Waals surface area contributed by atoms with Gasteiger partial charge in [-0.15, -0.1) is 0 Å². The van der Waals surface area contributed by atoms with E-state index in [4.69, 9.17) is 0 Å². The quantitative estimate of drug-likeness (QED) is 0.408. The van der Waals surface area contributed by atoms with Crippen LogP contribution in [0.1, 0.15) is 24.8 Å². The molecule has 0 atom stereocenters. The van der Waals surface area contributed by atoms with E-state index < -0.39 is 15.7 Å². The molecule has 0 N–H and O–H groups in total. The molecule has 0 saturated carbocycles. The van der Waals surface area contributed by atoms with Gasteiger partial charge in [0.25, 0.3) is 0 Å². The van der Waals surface area contributed by atoms with Crippen LogP contribution in [-0.2, 0) is 14.6 Å². The third-order valence-electron chi connectivity index (χ3n) is 5.03. The average Bonchev–Trinajstić information content (AvgIpc) is 3.13. The first kappa shape index (κ1) is 24.3. The van der Waals surface area contributed by atoms with E-state index in [0.717, 1.165) is 40.9 Å². The van der Waals surface area contributed by atoms with Crippen LogP contribution in [0.2, 0.25) is 0 Å². The van der Waals surface area contributed by atoms with Crippen LogP contribution in [0.3, 0.4) is 0 Å². The van der Waals surface area contributed by atoms with Gasteiger partial charge in [-0.1, -0.05) is 17.4 Å². The summed E-state index contributed by atoms with van der Waals surface area (Å²) in [6.45, 7) is 3.35. The van der Waals surface area contributed by atoms with Gasteiger partial charge in [-0.2, -0.15) is 0 Å². The standard InChI is InChI=1S/C23H28FN3O3S2/c1-17-7-12-20-21(16-17)31-23(25-20)27(14-5-13-26(2)3)22(28)6-4-15-32(29,30)19-10-8-18(24)9-11-19/h7-12,16H,4-6,13-15H2,1-3H3. The molecule has 0 unspecified atom stereocenters. The van der Waals surface area contributed by atoms with Crippen molar-refractivity contribution in [2.24, 2.45) is 0 Å². The third kappa shape index (κ3) is 6.34. The fourth-order valence-corrected chi connectivity index (χ4v) is 5.73. The number of amides is 1. The summed E-state index contributed by atoms with van der Waals surface area (Å²) in [7, 11) is 0.385. The molecule has 3 aromatic rings. The first-order valence-corrected chi connectivity index (χ1v) is 12.9. The molecule has 0 aliphatic carbocycles. The maximum absolute atomic E-state index is 13.1. The van der Waals surface area contributed by atoms with Gasteiger partial charge in [0.05, 0.1) is 20.9 Å². The average molecular weight is 478 g/mol. The molecule has 6 nitrogen and oxygen atoms in total. The first-order valence-electron chi connectivity index (χ1n) is 10.5. The molecular weight excluding hydrogens is 449 g/mol. The van der Waals surface area contributed by atoms with E-state index >= 15 is 0 Å². The van der Waals surface area contributed by atoms with Crippen LogP contribution in [0.4, 0.5) is 9.52 Å². The molecule has 1 amide bonds. The Morgan fingerprint density at radius 3 is 2.47 bits per heavy atom. The Hall–Kier alpha value is -2.36. The van der Waals surface area contributed by atoms with Crippen molar-refractivity contribution in [3.05, 3.63) is 53.8 Å². The monoisotopic (exact) mass is 477 g/mol. The second-order valence-electron chi connectivity index (χ2n) is 8.05. The number of benzene rings is 2. The molecule has 0 spiro atoms. The molecule has 2 aromatic carbocycles. The van der Waals surface area contributed by atoms with Gasteiger partial charge in [0.2, 0.25) is 5.91 Å². The summed E-state index contributed by atoms with van der Waals surface area (Å²) in [5.74, 6) is -0.804.